The Kier molecular flexibility index (Phi) is 4.66. The molecule has 4 nitrogen and oxygen atoms in total. The molecular formula is C15H11BrFN3O. The van der Waals surface area contributed by atoms with Gasteiger partial charge in [-0.2, -0.15) is 5.26 Å². The molecule has 0 aliphatic heterocycles. The quantitative estimate of drug-likeness (QED) is 0.856. The van der Waals surface area contributed by atoms with Crippen LogP contribution in [-0.2, 0) is 6.54 Å². The maximum atomic E-state index is 13.7. The number of nitrogens with zero attached hydrogens (tertiary/aromatic N) is 3. The molecule has 1 aromatic heterocycles. The topological polar surface area (TPSA) is 57.0 Å². The zero-order valence-corrected chi connectivity index (χ0v) is 12.8. The van der Waals surface area contributed by atoms with Crippen molar-refractivity contribution in [3.8, 4) is 6.07 Å². The summed E-state index contributed by atoms with van der Waals surface area (Å²) in [5.74, 6) is -0.780. The maximum Gasteiger partial charge on any atom is 0.273 e. The molecule has 1 aromatic carbocycles. The van der Waals surface area contributed by atoms with E-state index in [0.717, 1.165) is 0 Å². The van der Waals surface area contributed by atoms with E-state index in [1.165, 1.54) is 29.3 Å². The summed E-state index contributed by atoms with van der Waals surface area (Å²) in [6.07, 6.45) is 1.52. The summed E-state index contributed by atoms with van der Waals surface area (Å²) < 4.78 is 14.3. The van der Waals surface area contributed by atoms with Gasteiger partial charge in [0.2, 0.25) is 0 Å². The molecule has 1 heterocycles. The fraction of sp³-hybridized carbons (Fsp3) is 0.133. The smallest absolute Gasteiger partial charge is 0.273 e. The lowest BCUT2D eigenvalue weighted by molar-refractivity contribution is 0.0777. The number of aromatic nitrogens is 1. The van der Waals surface area contributed by atoms with Gasteiger partial charge < -0.3 is 4.90 Å². The van der Waals surface area contributed by atoms with E-state index >= 15 is 0 Å². The second-order valence-electron chi connectivity index (χ2n) is 4.41. The lowest BCUT2D eigenvalue weighted by atomic mass is 10.1. The van der Waals surface area contributed by atoms with Crippen molar-refractivity contribution in [3.63, 3.8) is 0 Å². The van der Waals surface area contributed by atoms with Crippen LogP contribution in [0.4, 0.5) is 4.39 Å². The molecule has 0 aliphatic rings. The Bertz CT molecular complexity index is 727. The monoisotopic (exact) mass is 347 g/mol. The van der Waals surface area contributed by atoms with E-state index in [-0.39, 0.29) is 23.7 Å². The predicted octanol–water partition coefficient (Wildman–Crippen LogP) is 3.13. The van der Waals surface area contributed by atoms with Crippen LogP contribution in [0.25, 0.3) is 0 Å². The zero-order chi connectivity index (χ0) is 15.4. The molecule has 0 radical (unpaired) electrons. The van der Waals surface area contributed by atoms with E-state index in [9.17, 15) is 9.18 Å². The van der Waals surface area contributed by atoms with E-state index in [0.29, 0.717) is 10.0 Å². The van der Waals surface area contributed by atoms with Gasteiger partial charge in [0.05, 0.1) is 11.6 Å². The number of halogens is 2. The van der Waals surface area contributed by atoms with Crippen LogP contribution in [0.1, 0.15) is 21.6 Å². The average Bonchev–Trinajstić information content (AvgIpc) is 2.49. The Hall–Kier alpha value is -2.26. The summed E-state index contributed by atoms with van der Waals surface area (Å²) in [7, 11) is 1.56. The number of carbonyl (C=O) groups is 1. The molecule has 2 aromatic rings. The Morgan fingerprint density at radius 3 is 2.90 bits per heavy atom. The summed E-state index contributed by atoms with van der Waals surface area (Å²) in [6, 6.07) is 9.43. The minimum Gasteiger partial charge on any atom is -0.336 e. The fourth-order valence-corrected chi connectivity index (χ4v) is 2.24. The summed E-state index contributed by atoms with van der Waals surface area (Å²) >= 11 is 3.26. The number of hydrogen-bond acceptors (Lipinski definition) is 3. The Balaban J connectivity index is 2.22. The van der Waals surface area contributed by atoms with E-state index in [4.69, 9.17) is 5.26 Å². The highest BCUT2D eigenvalue weighted by Crippen LogP contribution is 2.17. The van der Waals surface area contributed by atoms with Gasteiger partial charge in [-0.1, -0.05) is 0 Å². The van der Waals surface area contributed by atoms with Gasteiger partial charge in [-0.15, -0.1) is 0 Å². The largest absolute Gasteiger partial charge is 0.336 e. The van der Waals surface area contributed by atoms with Gasteiger partial charge in [-0.25, -0.2) is 9.37 Å². The van der Waals surface area contributed by atoms with Gasteiger partial charge in [-0.05, 0) is 46.3 Å². The molecule has 6 heteroatoms. The molecule has 0 aliphatic carbocycles. The summed E-state index contributed by atoms with van der Waals surface area (Å²) in [5, 5.41) is 8.84. The number of benzene rings is 1. The van der Waals surface area contributed by atoms with Crippen molar-refractivity contribution in [2.45, 2.75) is 6.54 Å². The number of nitriles is 1. The van der Waals surface area contributed by atoms with Crippen LogP contribution in [0.15, 0.2) is 41.0 Å². The van der Waals surface area contributed by atoms with E-state index in [1.807, 2.05) is 6.07 Å². The Morgan fingerprint density at radius 2 is 2.24 bits per heavy atom. The molecule has 21 heavy (non-hydrogen) atoms. The molecule has 0 fully saturated rings. The third kappa shape index (κ3) is 3.44. The molecule has 0 spiro atoms. The van der Waals surface area contributed by atoms with Crippen molar-refractivity contribution in [2.75, 3.05) is 7.05 Å². The Morgan fingerprint density at radius 1 is 1.48 bits per heavy atom. The molecule has 0 atom stereocenters. The van der Waals surface area contributed by atoms with Gasteiger partial charge in [-0.3, -0.25) is 4.79 Å². The van der Waals surface area contributed by atoms with Crippen LogP contribution in [0, 0.1) is 17.1 Å². The van der Waals surface area contributed by atoms with Gasteiger partial charge in [0.15, 0.2) is 0 Å². The molecule has 106 valence electrons. The Labute approximate surface area is 130 Å². The van der Waals surface area contributed by atoms with Crippen molar-refractivity contribution in [2.24, 2.45) is 0 Å². The number of hydrogen-bond donors (Lipinski definition) is 0. The van der Waals surface area contributed by atoms with Crippen LogP contribution >= 0.6 is 15.9 Å². The van der Waals surface area contributed by atoms with E-state index in [1.54, 1.807) is 19.2 Å². The zero-order valence-electron chi connectivity index (χ0n) is 11.2. The lowest BCUT2D eigenvalue weighted by Crippen LogP contribution is -2.27. The first-order chi connectivity index (χ1) is 10.0. The van der Waals surface area contributed by atoms with Crippen molar-refractivity contribution in [3.05, 3.63) is 63.6 Å². The van der Waals surface area contributed by atoms with Crippen molar-refractivity contribution >= 4 is 21.8 Å². The maximum absolute atomic E-state index is 13.7. The molecule has 0 saturated heterocycles. The first kappa shape index (κ1) is 15.1. The SMILES string of the molecule is CN(Cc1cc(C#N)ccc1F)C(=O)c1ncccc1Br. The molecule has 0 saturated carbocycles. The summed E-state index contributed by atoms with van der Waals surface area (Å²) in [6.45, 7) is 0.0587. The average molecular weight is 348 g/mol. The highest BCUT2D eigenvalue weighted by Gasteiger charge is 2.17. The van der Waals surface area contributed by atoms with Crippen molar-refractivity contribution in [1.82, 2.24) is 9.88 Å². The molecule has 0 bridgehead atoms. The molecule has 1 amide bonds. The third-order valence-electron chi connectivity index (χ3n) is 2.89. The second-order valence-corrected chi connectivity index (χ2v) is 5.27. The van der Waals surface area contributed by atoms with Crippen LogP contribution in [0.3, 0.4) is 0 Å². The van der Waals surface area contributed by atoms with E-state index < -0.39 is 5.82 Å². The fourth-order valence-electron chi connectivity index (χ4n) is 1.82. The van der Waals surface area contributed by atoms with Crippen molar-refractivity contribution in [1.29, 1.82) is 5.26 Å². The minimum atomic E-state index is -0.450. The van der Waals surface area contributed by atoms with Gasteiger partial charge in [0.1, 0.15) is 11.5 Å². The number of rotatable bonds is 3. The minimum absolute atomic E-state index is 0.0587. The second kappa shape index (κ2) is 6.46. The number of pyridine rings is 1. The van der Waals surface area contributed by atoms with Gasteiger partial charge in [0, 0.05) is 29.8 Å². The number of amides is 1. The van der Waals surface area contributed by atoms with Crippen LogP contribution < -0.4 is 0 Å². The summed E-state index contributed by atoms with van der Waals surface area (Å²) in [5.41, 5.74) is 0.903. The predicted molar refractivity (Wildman–Crippen MR) is 78.8 cm³/mol. The number of carbonyl (C=O) groups excluding carboxylic acids is 1. The first-order valence-electron chi connectivity index (χ1n) is 6.07. The van der Waals surface area contributed by atoms with Gasteiger partial charge in [0.25, 0.3) is 5.91 Å². The normalized spacial score (nSPS) is 10.0. The van der Waals surface area contributed by atoms with Crippen LogP contribution in [-0.4, -0.2) is 22.8 Å². The standard InChI is InChI=1S/C15H11BrFN3O/c1-20(15(21)14-12(16)3-2-6-19-14)9-11-7-10(8-18)4-5-13(11)17/h2-7H,9H2,1H3. The van der Waals surface area contributed by atoms with Crippen molar-refractivity contribution < 1.29 is 9.18 Å². The van der Waals surface area contributed by atoms with Crippen LogP contribution in [0.2, 0.25) is 0 Å². The third-order valence-corrected chi connectivity index (χ3v) is 3.53. The van der Waals surface area contributed by atoms with E-state index in [2.05, 4.69) is 20.9 Å². The molecule has 0 unspecified atom stereocenters. The molecule has 2 rings (SSSR count). The first-order valence-corrected chi connectivity index (χ1v) is 6.86. The molecule has 0 N–H and O–H groups in total. The summed E-state index contributed by atoms with van der Waals surface area (Å²) in [4.78, 5) is 17.6. The van der Waals surface area contributed by atoms with Gasteiger partial charge >= 0.3 is 0 Å². The molecular weight excluding hydrogens is 337 g/mol. The highest BCUT2D eigenvalue weighted by molar-refractivity contribution is 9.10. The van der Waals surface area contributed by atoms with Crippen LogP contribution in [0.5, 0.6) is 0 Å². The lowest BCUT2D eigenvalue weighted by Gasteiger charge is -2.18. The highest BCUT2D eigenvalue weighted by atomic mass is 79.9.